The minimum atomic E-state index is 0. The van der Waals surface area contributed by atoms with Crippen molar-refractivity contribution in [1.29, 1.82) is 0 Å². The molecule has 3 aliphatic heterocycles. The summed E-state index contributed by atoms with van der Waals surface area (Å²) in [7, 11) is 0. The smallest absolute Gasteiger partial charge is 0.257 e. The van der Waals surface area contributed by atoms with Gasteiger partial charge in [0.1, 0.15) is 11.6 Å². The van der Waals surface area contributed by atoms with Crippen molar-refractivity contribution in [1.82, 2.24) is 25.0 Å². The number of benzene rings is 1. The Balaban J connectivity index is 0.00000180. The highest BCUT2D eigenvalue weighted by molar-refractivity contribution is 5.98. The van der Waals surface area contributed by atoms with E-state index in [2.05, 4.69) is 20.1 Å². The minimum Gasteiger partial charge on any atom is -0.454 e. The monoisotopic (exact) mass is 391 g/mol. The van der Waals surface area contributed by atoms with Gasteiger partial charge < -0.3 is 24.3 Å². The Kier molecular flexibility index (Phi) is 4.92. The van der Waals surface area contributed by atoms with Crippen LogP contribution in [0.15, 0.2) is 18.2 Å². The van der Waals surface area contributed by atoms with E-state index in [1.165, 1.54) is 0 Å². The molecule has 1 aromatic heterocycles. The van der Waals surface area contributed by atoms with E-state index >= 15 is 0 Å². The lowest BCUT2D eigenvalue weighted by Crippen LogP contribution is -2.39. The van der Waals surface area contributed by atoms with Gasteiger partial charge in [0, 0.05) is 32.1 Å². The number of amides is 1. The molecule has 0 saturated carbocycles. The number of nitrogens with one attached hydrogen (secondary N) is 1. The number of halogens is 1. The predicted octanol–water partition coefficient (Wildman–Crippen LogP) is 1.55. The molecular weight excluding hydrogens is 370 g/mol. The zero-order chi connectivity index (χ0) is 17.5. The van der Waals surface area contributed by atoms with Crippen LogP contribution in [0.5, 0.6) is 11.5 Å². The Morgan fingerprint density at radius 2 is 2.00 bits per heavy atom. The predicted molar refractivity (Wildman–Crippen MR) is 99.4 cm³/mol. The van der Waals surface area contributed by atoms with Crippen molar-refractivity contribution in [3.63, 3.8) is 0 Å². The van der Waals surface area contributed by atoms with Gasteiger partial charge in [0.25, 0.3) is 5.91 Å². The molecule has 0 bridgehead atoms. The van der Waals surface area contributed by atoms with Crippen LogP contribution in [0.1, 0.15) is 40.8 Å². The van der Waals surface area contributed by atoms with E-state index in [-0.39, 0.29) is 25.1 Å². The molecule has 0 atom stereocenters. The molecule has 2 aromatic rings. The zero-order valence-corrected chi connectivity index (χ0v) is 15.7. The van der Waals surface area contributed by atoms with Crippen molar-refractivity contribution in [2.75, 3.05) is 26.4 Å². The first kappa shape index (κ1) is 18.1. The number of hydrogen-bond donors (Lipinski definition) is 1. The first-order chi connectivity index (χ1) is 12.8. The van der Waals surface area contributed by atoms with E-state index in [4.69, 9.17) is 9.47 Å². The SMILES string of the molecule is Cl.O=C(c1cccc2c1OCO2)N1CCC(c2nnc3n2CCNC3)CC1. The second-order valence-electron chi connectivity index (χ2n) is 6.91. The summed E-state index contributed by atoms with van der Waals surface area (Å²) in [6.45, 7) is 4.27. The molecular formula is C18H22ClN5O3. The van der Waals surface area contributed by atoms with E-state index in [9.17, 15) is 4.79 Å². The third-order valence-electron chi connectivity index (χ3n) is 5.43. The minimum absolute atomic E-state index is 0. The summed E-state index contributed by atoms with van der Waals surface area (Å²) in [4.78, 5) is 14.8. The van der Waals surface area contributed by atoms with Crippen LogP contribution in [0.3, 0.4) is 0 Å². The van der Waals surface area contributed by atoms with Gasteiger partial charge in [-0.3, -0.25) is 4.79 Å². The number of para-hydroxylation sites is 1. The molecule has 1 N–H and O–H groups in total. The van der Waals surface area contributed by atoms with Crippen molar-refractivity contribution in [2.24, 2.45) is 0 Å². The van der Waals surface area contributed by atoms with Gasteiger partial charge in [-0.05, 0) is 25.0 Å². The van der Waals surface area contributed by atoms with Crippen molar-refractivity contribution >= 4 is 18.3 Å². The summed E-state index contributed by atoms with van der Waals surface area (Å²) in [5.41, 5.74) is 0.587. The molecule has 9 heteroatoms. The Bertz CT molecular complexity index is 848. The summed E-state index contributed by atoms with van der Waals surface area (Å²) >= 11 is 0. The van der Waals surface area contributed by atoms with E-state index < -0.39 is 0 Å². The van der Waals surface area contributed by atoms with Gasteiger partial charge in [-0.2, -0.15) is 0 Å². The average Bonchev–Trinajstić information content (AvgIpc) is 3.34. The largest absolute Gasteiger partial charge is 0.454 e. The Labute approximate surface area is 163 Å². The molecule has 1 amide bonds. The van der Waals surface area contributed by atoms with Crippen molar-refractivity contribution in [3.8, 4) is 11.5 Å². The molecule has 4 heterocycles. The van der Waals surface area contributed by atoms with Crippen LogP contribution >= 0.6 is 12.4 Å². The summed E-state index contributed by atoms with van der Waals surface area (Å²) in [6.07, 6.45) is 1.81. The third kappa shape index (κ3) is 3.12. The maximum Gasteiger partial charge on any atom is 0.257 e. The number of carbonyl (C=O) groups is 1. The van der Waals surface area contributed by atoms with E-state index in [0.717, 1.165) is 44.1 Å². The molecule has 0 spiro atoms. The number of nitrogens with zero attached hydrogens (tertiary/aromatic N) is 4. The summed E-state index contributed by atoms with van der Waals surface area (Å²) in [6, 6.07) is 5.47. The second kappa shape index (κ2) is 7.36. The maximum atomic E-state index is 12.9. The molecule has 0 unspecified atom stereocenters. The molecule has 144 valence electrons. The van der Waals surface area contributed by atoms with Gasteiger partial charge in [-0.1, -0.05) is 6.07 Å². The van der Waals surface area contributed by atoms with Gasteiger partial charge in [-0.15, -0.1) is 22.6 Å². The van der Waals surface area contributed by atoms with Gasteiger partial charge in [0.05, 0.1) is 12.1 Å². The first-order valence-corrected chi connectivity index (χ1v) is 9.12. The molecule has 1 saturated heterocycles. The Morgan fingerprint density at radius 3 is 2.85 bits per heavy atom. The fourth-order valence-corrected chi connectivity index (χ4v) is 4.03. The molecule has 0 radical (unpaired) electrons. The number of likely N-dealkylation sites (tertiary alicyclic amines) is 1. The Morgan fingerprint density at radius 1 is 1.15 bits per heavy atom. The number of ether oxygens (including phenoxy) is 2. The number of carbonyl (C=O) groups excluding carboxylic acids is 1. The molecule has 1 fully saturated rings. The average molecular weight is 392 g/mol. The molecule has 8 nitrogen and oxygen atoms in total. The molecule has 5 rings (SSSR count). The van der Waals surface area contributed by atoms with Gasteiger partial charge in [-0.25, -0.2) is 0 Å². The number of rotatable bonds is 2. The van der Waals surface area contributed by atoms with Crippen LogP contribution in [-0.2, 0) is 13.1 Å². The summed E-state index contributed by atoms with van der Waals surface area (Å²) < 4.78 is 13.1. The topological polar surface area (TPSA) is 81.5 Å². The fourth-order valence-electron chi connectivity index (χ4n) is 4.03. The molecule has 3 aliphatic rings. The number of piperidine rings is 1. The van der Waals surface area contributed by atoms with Gasteiger partial charge >= 0.3 is 0 Å². The van der Waals surface area contributed by atoms with Crippen molar-refractivity contribution in [2.45, 2.75) is 31.8 Å². The van der Waals surface area contributed by atoms with E-state index in [1.54, 1.807) is 0 Å². The van der Waals surface area contributed by atoms with Crippen molar-refractivity contribution < 1.29 is 14.3 Å². The van der Waals surface area contributed by atoms with Crippen LogP contribution in [0, 0.1) is 0 Å². The summed E-state index contributed by atoms with van der Waals surface area (Å²) in [5, 5.41) is 12.1. The third-order valence-corrected chi connectivity index (χ3v) is 5.43. The standard InChI is InChI=1S/C18H21N5O3.ClH/c24-18(13-2-1-3-14-16(13)26-11-25-14)22-7-4-12(5-8-22)17-21-20-15-10-19-6-9-23(15)17;/h1-3,12,19H,4-11H2;1H. The van der Waals surface area contributed by atoms with Crippen molar-refractivity contribution in [3.05, 3.63) is 35.4 Å². The number of aromatic nitrogens is 3. The van der Waals surface area contributed by atoms with Crippen LogP contribution in [0.2, 0.25) is 0 Å². The highest BCUT2D eigenvalue weighted by atomic mass is 35.5. The fraction of sp³-hybridized carbons (Fsp3) is 0.500. The quantitative estimate of drug-likeness (QED) is 0.836. The maximum absolute atomic E-state index is 12.9. The van der Waals surface area contributed by atoms with E-state index in [0.29, 0.717) is 36.1 Å². The highest BCUT2D eigenvalue weighted by Gasteiger charge is 2.31. The van der Waals surface area contributed by atoms with Gasteiger partial charge in [0.2, 0.25) is 6.79 Å². The number of hydrogen-bond acceptors (Lipinski definition) is 6. The normalized spacial score (nSPS) is 18.7. The van der Waals surface area contributed by atoms with Gasteiger partial charge in [0.15, 0.2) is 11.5 Å². The first-order valence-electron chi connectivity index (χ1n) is 9.12. The lowest BCUT2D eigenvalue weighted by Gasteiger charge is -2.32. The van der Waals surface area contributed by atoms with Crippen LogP contribution in [0.25, 0.3) is 0 Å². The lowest BCUT2D eigenvalue weighted by atomic mass is 9.95. The van der Waals surface area contributed by atoms with E-state index in [1.807, 2.05) is 23.1 Å². The highest BCUT2D eigenvalue weighted by Crippen LogP contribution is 2.37. The Hall–Kier alpha value is -2.32. The zero-order valence-electron chi connectivity index (χ0n) is 14.9. The van der Waals surface area contributed by atoms with Crippen LogP contribution in [0.4, 0.5) is 0 Å². The van der Waals surface area contributed by atoms with Crippen LogP contribution < -0.4 is 14.8 Å². The molecule has 1 aromatic carbocycles. The summed E-state index contributed by atoms with van der Waals surface area (Å²) in [5.74, 6) is 3.68. The molecule has 27 heavy (non-hydrogen) atoms. The lowest BCUT2D eigenvalue weighted by molar-refractivity contribution is 0.0705. The van der Waals surface area contributed by atoms with Crippen LogP contribution in [-0.4, -0.2) is 52.0 Å². The second-order valence-corrected chi connectivity index (χ2v) is 6.91. The number of fused-ring (bicyclic) bond motifs is 2. The molecule has 0 aliphatic carbocycles.